The number of nitrogens with one attached hydrogen (secondary N) is 2. The first-order chi connectivity index (χ1) is 14.1. The summed E-state index contributed by atoms with van der Waals surface area (Å²) >= 11 is 0. The number of anilines is 1. The summed E-state index contributed by atoms with van der Waals surface area (Å²) in [7, 11) is 0. The minimum Gasteiger partial charge on any atom is -0.436 e. The molecule has 0 unspecified atom stereocenters. The van der Waals surface area contributed by atoms with Crippen LogP contribution in [0.4, 0.5) is 5.69 Å². The average molecular weight is 385 g/mol. The predicted molar refractivity (Wildman–Crippen MR) is 111 cm³/mol. The molecule has 0 saturated carbocycles. The Morgan fingerprint density at radius 1 is 0.931 bits per heavy atom. The Hall–Kier alpha value is -3.93. The van der Waals surface area contributed by atoms with Gasteiger partial charge in [-0.1, -0.05) is 24.3 Å². The highest BCUT2D eigenvalue weighted by Crippen LogP contribution is 2.25. The Morgan fingerprint density at radius 3 is 2.34 bits per heavy atom. The van der Waals surface area contributed by atoms with E-state index in [1.165, 1.54) is 6.92 Å². The van der Waals surface area contributed by atoms with E-state index in [0.717, 1.165) is 22.2 Å². The number of carbonyl (C=O) groups excluding carboxylic acids is 2. The van der Waals surface area contributed by atoms with Crippen LogP contribution in [0.5, 0.6) is 0 Å². The SMILES string of the molecule is CC(=O)NCc1ccc(C(=O)Nc2ccc(-c3nc4ccccc4o3)cc2)cc1. The van der Waals surface area contributed by atoms with Crippen LogP contribution in [0.1, 0.15) is 22.8 Å². The number of carbonyl (C=O) groups is 2. The number of rotatable bonds is 5. The van der Waals surface area contributed by atoms with Crippen molar-refractivity contribution in [3.05, 3.63) is 83.9 Å². The van der Waals surface area contributed by atoms with E-state index >= 15 is 0 Å². The number of nitrogens with zero attached hydrogens (tertiary/aromatic N) is 1. The molecule has 0 aliphatic rings. The molecule has 6 heteroatoms. The zero-order chi connectivity index (χ0) is 20.2. The van der Waals surface area contributed by atoms with E-state index < -0.39 is 0 Å². The first kappa shape index (κ1) is 18.4. The van der Waals surface area contributed by atoms with E-state index in [1.807, 2.05) is 60.7 Å². The molecule has 3 aromatic carbocycles. The summed E-state index contributed by atoms with van der Waals surface area (Å²) in [5, 5.41) is 5.60. The maximum absolute atomic E-state index is 12.5. The van der Waals surface area contributed by atoms with Gasteiger partial charge in [0.15, 0.2) is 5.58 Å². The summed E-state index contributed by atoms with van der Waals surface area (Å²) in [6, 6.07) is 22.1. The van der Waals surface area contributed by atoms with E-state index in [-0.39, 0.29) is 11.8 Å². The van der Waals surface area contributed by atoms with Crippen LogP contribution in [0.25, 0.3) is 22.6 Å². The number of oxazole rings is 1. The van der Waals surface area contributed by atoms with Crippen molar-refractivity contribution in [1.29, 1.82) is 0 Å². The molecule has 0 radical (unpaired) electrons. The summed E-state index contributed by atoms with van der Waals surface area (Å²) in [6.45, 7) is 1.91. The van der Waals surface area contributed by atoms with Crippen LogP contribution in [0.3, 0.4) is 0 Å². The van der Waals surface area contributed by atoms with Crippen LogP contribution in [-0.2, 0) is 11.3 Å². The minimum absolute atomic E-state index is 0.0897. The van der Waals surface area contributed by atoms with Crippen LogP contribution >= 0.6 is 0 Å². The summed E-state index contributed by atoms with van der Waals surface area (Å²) in [5.74, 6) is 0.248. The number of hydrogen-bond acceptors (Lipinski definition) is 4. The molecule has 1 aromatic heterocycles. The van der Waals surface area contributed by atoms with Crippen LogP contribution in [0.15, 0.2) is 77.2 Å². The molecule has 0 bridgehead atoms. The van der Waals surface area contributed by atoms with Gasteiger partial charge in [0.1, 0.15) is 5.52 Å². The number of benzene rings is 3. The fourth-order valence-electron chi connectivity index (χ4n) is 2.90. The van der Waals surface area contributed by atoms with Crippen molar-refractivity contribution in [2.24, 2.45) is 0 Å². The van der Waals surface area contributed by atoms with Crippen molar-refractivity contribution in [3.8, 4) is 11.5 Å². The molecule has 2 N–H and O–H groups in total. The molecular weight excluding hydrogens is 366 g/mol. The van der Waals surface area contributed by atoms with Crippen molar-refractivity contribution in [1.82, 2.24) is 10.3 Å². The van der Waals surface area contributed by atoms with Crippen molar-refractivity contribution >= 4 is 28.6 Å². The topological polar surface area (TPSA) is 84.2 Å². The highest BCUT2D eigenvalue weighted by molar-refractivity contribution is 6.04. The smallest absolute Gasteiger partial charge is 0.255 e. The molecule has 29 heavy (non-hydrogen) atoms. The average Bonchev–Trinajstić information content (AvgIpc) is 3.17. The third-order valence-electron chi connectivity index (χ3n) is 4.44. The van der Waals surface area contributed by atoms with Crippen LogP contribution in [0.2, 0.25) is 0 Å². The molecule has 0 aliphatic carbocycles. The standard InChI is InChI=1S/C23H19N3O3/c1-15(27)24-14-16-6-8-17(9-7-16)22(28)25-19-12-10-18(11-13-19)23-26-20-4-2-3-5-21(20)29-23/h2-13H,14H2,1H3,(H,24,27)(H,25,28). The molecule has 6 nitrogen and oxygen atoms in total. The fourth-order valence-corrected chi connectivity index (χ4v) is 2.90. The molecule has 144 valence electrons. The van der Waals surface area contributed by atoms with Crippen LogP contribution in [0, 0.1) is 0 Å². The van der Waals surface area contributed by atoms with Gasteiger partial charge in [-0.3, -0.25) is 9.59 Å². The zero-order valence-corrected chi connectivity index (χ0v) is 15.8. The van der Waals surface area contributed by atoms with Crippen molar-refractivity contribution in [2.75, 3.05) is 5.32 Å². The third kappa shape index (κ3) is 4.32. The van der Waals surface area contributed by atoms with Gasteiger partial charge in [-0.2, -0.15) is 0 Å². The van der Waals surface area contributed by atoms with Gasteiger partial charge in [0.2, 0.25) is 11.8 Å². The van der Waals surface area contributed by atoms with Gasteiger partial charge in [-0.15, -0.1) is 0 Å². The second kappa shape index (κ2) is 7.98. The van der Waals surface area contributed by atoms with Crippen molar-refractivity contribution in [2.45, 2.75) is 13.5 Å². The molecule has 4 aromatic rings. The maximum atomic E-state index is 12.5. The molecule has 0 aliphatic heterocycles. The summed E-state index contributed by atoms with van der Waals surface area (Å²) < 4.78 is 5.77. The lowest BCUT2D eigenvalue weighted by atomic mass is 10.1. The fraction of sp³-hybridized carbons (Fsp3) is 0.0870. The monoisotopic (exact) mass is 385 g/mol. The predicted octanol–water partition coefficient (Wildman–Crippen LogP) is 4.38. The molecule has 2 amide bonds. The Labute approximate surface area is 167 Å². The molecule has 0 atom stereocenters. The van der Waals surface area contributed by atoms with E-state index in [9.17, 15) is 9.59 Å². The summed E-state index contributed by atoms with van der Waals surface area (Å²) in [5.41, 5.74) is 4.53. The molecule has 4 rings (SSSR count). The van der Waals surface area contributed by atoms with Gasteiger partial charge in [0.25, 0.3) is 5.91 Å². The number of amides is 2. The van der Waals surface area contributed by atoms with E-state index in [2.05, 4.69) is 15.6 Å². The number of fused-ring (bicyclic) bond motifs is 1. The number of aromatic nitrogens is 1. The van der Waals surface area contributed by atoms with Crippen molar-refractivity contribution < 1.29 is 14.0 Å². The normalized spacial score (nSPS) is 10.7. The Kier molecular flexibility index (Phi) is 5.07. The van der Waals surface area contributed by atoms with Crippen molar-refractivity contribution in [3.63, 3.8) is 0 Å². The first-order valence-electron chi connectivity index (χ1n) is 9.19. The molecule has 1 heterocycles. The quantitative estimate of drug-likeness (QED) is 0.534. The molecular formula is C23H19N3O3. The van der Waals surface area contributed by atoms with Crippen LogP contribution in [-0.4, -0.2) is 16.8 Å². The molecule has 0 saturated heterocycles. The van der Waals surface area contributed by atoms with Gasteiger partial charge < -0.3 is 15.1 Å². The maximum Gasteiger partial charge on any atom is 0.255 e. The Bertz CT molecular complexity index is 1130. The van der Waals surface area contributed by atoms with Gasteiger partial charge in [0.05, 0.1) is 0 Å². The second-order valence-electron chi connectivity index (χ2n) is 6.62. The van der Waals surface area contributed by atoms with Gasteiger partial charge in [-0.25, -0.2) is 4.98 Å². The molecule has 0 spiro atoms. The summed E-state index contributed by atoms with van der Waals surface area (Å²) in [6.07, 6.45) is 0. The Balaban J connectivity index is 1.43. The molecule has 0 fully saturated rings. The van der Waals surface area contributed by atoms with E-state index in [4.69, 9.17) is 4.42 Å². The second-order valence-corrected chi connectivity index (χ2v) is 6.62. The zero-order valence-electron chi connectivity index (χ0n) is 15.8. The van der Waals surface area contributed by atoms with Crippen LogP contribution < -0.4 is 10.6 Å². The lowest BCUT2D eigenvalue weighted by Gasteiger charge is -2.07. The highest BCUT2D eigenvalue weighted by atomic mass is 16.3. The Morgan fingerprint density at radius 2 is 1.66 bits per heavy atom. The van der Waals surface area contributed by atoms with Gasteiger partial charge in [-0.05, 0) is 54.1 Å². The van der Waals surface area contributed by atoms with Gasteiger partial charge in [0, 0.05) is 30.3 Å². The lowest BCUT2D eigenvalue weighted by Crippen LogP contribution is -2.19. The van der Waals surface area contributed by atoms with Gasteiger partial charge >= 0.3 is 0 Å². The highest BCUT2D eigenvalue weighted by Gasteiger charge is 2.09. The first-order valence-corrected chi connectivity index (χ1v) is 9.19. The largest absolute Gasteiger partial charge is 0.436 e. The number of hydrogen-bond donors (Lipinski definition) is 2. The van der Waals surface area contributed by atoms with E-state index in [0.29, 0.717) is 23.7 Å². The minimum atomic E-state index is -0.203. The lowest BCUT2D eigenvalue weighted by molar-refractivity contribution is -0.119. The van der Waals surface area contributed by atoms with E-state index in [1.54, 1.807) is 12.1 Å². The number of para-hydroxylation sites is 2. The summed E-state index contributed by atoms with van der Waals surface area (Å²) in [4.78, 5) is 27.9. The third-order valence-corrected chi connectivity index (χ3v) is 4.44.